The fourth-order valence-electron chi connectivity index (χ4n) is 2.49. The van der Waals surface area contributed by atoms with Gasteiger partial charge in [0.15, 0.2) is 0 Å². The van der Waals surface area contributed by atoms with Gasteiger partial charge in [-0.25, -0.2) is 5.43 Å². The smallest absolute Gasteiger partial charge is 0.271 e. The number of carbonyl (C=O) groups excluding carboxylic acids is 1. The second kappa shape index (κ2) is 6.67. The van der Waals surface area contributed by atoms with Crippen LogP contribution in [0.5, 0.6) is 0 Å². The first-order valence-electron chi connectivity index (χ1n) is 7.37. The molecule has 5 heteroatoms. The molecule has 23 heavy (non-hydrogen) atoms. The molecule has 0 saturated carbocycles. The van der Waals surface area contributed by atoms with Crippen LogP contribution in [0.2, 0.25) is 5.02 Å². The maximum Gasteiger partial charge on any atom is 0.271 e. The molecular formula is C18H16ClN3O. The number of nitrogens with zero attached hydrogens (tertiary/aromatic N) is 1. The Hall–Kier alpha value is -2.59. The summed E-state index contributed by atoms with van der Waals surface area (Å²) < 4.78 is 0. The molecule has 1 amide bonds. The normalized spacial score (nSPS) is 11.2. The van der Waals surface area contributed by atoms with Crippen LogP contribution in [-0.2, 0) is 6.42 Å². The van der Waals surface area contributed by atoms with E-state index in [9.17, 15) is 4.79 Å². The monoisotopic (exact) mass is 325 g/mol. The lowest BCUT2D eigenvalue weighted by molar-refractivity contribution is 0.0955. The average molecular weight is 326 g/mol. The van der Waals surface area contributed by atoms with Gasteiger partial charge in [-0.3, -0.25) is 4.79 Å². The van der Waals surface area contributed by atoms with Crippen molar-refractivity contribution in [1.82, 2.24) is 10.4 Å². The van der Waals surface area contributed by atoms with Gasteiger partial charge in [0, 0.05) is 33.2 Å². The van der Waals surface area contributed by atoms with E-state index in [4.69, 9.17) is 11.6 Å². The highest BCUT2D eigenvalue weighted by Gasteiger charge is 2.06. The number of aromatic amines is 1. The Morgan fingerprint density at radius 1 is 1.30 bits per heavy atom. The highest BCUT2D eigenvalue weighted by Crippen LogP contribution is 2.21. The predicted molar refractivity (Wildman–Crippen MR) is 94.2 cm³/mol. The van der Waals surface area contributed by atoms with Crippen LogP contribution in [0.1, 0.15) is 28.4 Å². The molecule has 116 valence electrons. The van der Waals surface area contributed by atoms with Gasteiger partial charge in [0.05, 0.1) is 6.21 Å². The first kappa shape index (κ1) is 15.3. The number of hydrazone groups is 1. The molecule has 0 saturated heterocycles. The Bertz CT molecular complexity index is 883. The third-order valence-corrected chi connectivity index (χ3v) is 3.91. The topological polar surface area (TPSA) is 57.2 Å². The average Bonchev–Trinajstić information content (AvgIpc) is 2.98. The second-order valence-electron chi connectivity index (χ2n) is 5.15. The predicted octanol–water partition coefficient (Wildman–Crippen LogP) is 4.15. The van der Waals surface area contributed by atoms with Gasteiger partial charge in [0.25, 0.3) is 5.91 Å². The Balaban J connectivity index is 1.77. The Labute approximate surface area is 139 Å². The zero-order chi connectivity index (χ0) is 16.2. The van der Waals surface area contributed by atoms with Crippen LogP contribution >= 0.6 is 11.6 Å². The van der Waals surface area contributed by atoms with Gasteiger partial charge < -0.3 is 4.98 Å². The fraction of sp³-hybridized carbons (Fsp3) is 0.111. The number of nitrogens with one attached hydrogen (secondary N) is 2. The molecule has 0 bridgehead atoms. The van der Waals surface area contributed by atoms with E-state index in [0.717, 1.165) is 22.9 Å². The summed E-state index contributed by atoms with van der Waals surface area (Å²) in [6, 6.07) is 12.9. The van der Waals surface area contributed by atoms with Gasteiger partial charge in [-0.1, -0.05) is 42.8 Å². The summed E-state index contributed by atoms with van der Waals surface area (Å²) in [5.41, 5.74) is 6.29. The number of amides is 1. The molecule has 1 heterocycles. The van der Waals surface area contributed by atoms with Crippen LogP contribution < -0.4 is 5.43 Å². The van der Waals surface area contributed by atoms with Gasteiger partial charge in [-0.2, -0.15) is 5.10 Å². The number of para-hydroxylation sites is 1. The Morgan fingerprint density at radius 2 is 2.13 bits per heavy atom. The zero-order valence-electron chi connectivity index (χ0n) is 12.6. The van der Waals surface area contributed by atoms with E-state index < -0.39 is 0 Å². The van der Waals surface area contributed by atoms with Gasteiger partial charge in [0.1, 0.15) is 0 Å². The molecule has 0 aliphatic carbocycles. The van der Waals surface area contributed by atoms with Gasteiger partial charge in [-0.15, -0.1) is 0 Å². The second-order valence-corrected chi connectivity index (χ2v) is 5.58. The molecule has 2 N–H and O–H groups in total. The van der Waals surface area contributed by atoms with Crippen molar-refractivity contribution >= 4 is 34.6 Å². The largest absolute Gasteiger partial charge is 0.360 e. The number of hydrogen-bond donors (Lipinski definition) is 2. The van der Waals surface area contributed by atoms with Crippen LogP contribution in [-0.4, -0.2) is 17.1 Å². The minimum atomic E-state index is -0.294. The number of fused-ring (bicyclic) bond motifs is 1. The molecule has 0 atom stereocenters. The molecular weight excluding hydrogens is 310 g/mol. The van der Waals surface area contributed by atoms with Gasteiger partial charge in [-0.05, 0) is 30.2 Å². The minimum absolute atomic E-state index is 0.294. The zero-order valence-corrected chi connectivity index (χ0v) is 13.4. The molecule has 2 aromatic carbocycles. The molecule has 0 aliphatic rings. The van der Waals surface area contributed by atoms with Crippen molar-refractivity contribution in [3.63, 3.8) is 0 Å². The molecule has 1 aromatic heterocycles. The quantitative estimate of drug-likeness (QED) is 0.549. The SMILES string of the molecule is CCc1cccc2c(/C=N/NC(=O)c3cccc(Cl)c3)c[nH]c12. The third-order valence-electron chi connectivity index (χ3n) is 3.67. The maximum absolute atomic E-state index is 12.0. The maximum atomic E-state index is 12.0. The number of rotatable bonds is 4. The van der Waals surface area contributed by atoms with Crippen molar-refractivity contribution in [1.29, 1.82) is 0 Å². The number of aryl methyl sites for hydroxylation is 1. The van der Waals surface area contributed by atoms with Crippen molar-refractivity contribution in [3.05, 3.63) is 70.4 Å². The van der Waals surface area contributed by atoms with Crippen molar-refractivity contribution in [2.75, 3.05) is 0 Å². The summed E-state index contributed by atoms with van der Waals surface area (Å²) in [5.74, 6) is -0.294. The van der Waals surface area contributed by atoms with Crippen molar-refractivity contribution in [3.8, 4) is 0 Å². The van der Waals surface area contributed by atoms with Crippen LogP contribution in [0.3, 0.4) is 0 Å². The number of H-pyrrole nitrogens is 1. The molecule has 0 aliphatic heterocycles. The number of aromatic nitrogens is 1. The lowest BCUT2D eigenvalue weighted by Gasteiger charge is -2.00. The van der Waals surface area contributed by atoms with Crippen LogP contribution in [0.25, 0.3) is 10.9 Å². The summed E-state index contributed by atoms with van der Waals surface area (Å²) in [4.78, 5) is 15.3. The van der Waals surface area contributed by atoms with Crippen LogP contribution in [0.4, 0.5) is 0 Å². The van der Waals surface area contributed by atoms with E-state index in [1.165, 1.54) is 5.56 Å². The van der Waals surface area contributed by atoms with Crippen molar-refractivity contribution in [2.24, 2.45) is 5.10 Å². The van der Waals surface area contributed by atoms with E-state index in [1.54, 1.807) is 30.5 Å². The summed E-state index contributed by atoms with van der Waals surface area (Å²) >= 11 is 5.88. The summed E-state index contributed by atoms with van der Waals surface area (Å²) in [6.45, 7) is 2.12. The third kappa shape index (κ3) is 3.27. The summed E-state index contributed by atoms with van der Waals surface area (Å²) in [5, 5.41) is 5.64. The highest BCUT2D eigenvalue weighted by atomic mass is 35.5. The number of hydrogen-bond acceptors (Lipinski definition) is 2. The van der Waals surface area contributed by atoms with Gasteiger partial charge >= 0.3 is 0 Å². The number of benzene rings is 2. The van der Waals surface area contributed by atoms with Crippen LogP contribution in [0.15, 0.2) is 53.8 Å². The van der Waals surface area contributed by atoms with E-state index in [1.807, 2.05) is 18.3 Å². The molecule has 4 nitrogen and oxygen atoms in total. The lowest BCUT2D eigenvalue weighted by Crippen LogP contribution is -2.17. The molecule has 0 spiro atoms. The summed E-state index contributed by atoms with van der Waals surface area (Å²) in [6.07, 6.45) is 4.49. The van der Waals surface area contributed by atoms with Crippen LogP contribution in [0, 0.1) is 0 Å². The first-order chi connectivity index (χ1) is 11.2. The van der Waals surface area contributed by atoms with Crippen molar-refractivity contribution < 1.29 is 4.79 Å². The number of halogens is 1. The summed E-state index contributed by atoms with van der Waals surface area (Å²) in [7, 11) is 0. The van der Waals surface area contributed by atoms with Crippen molar-refractivity contribution in [2.45, 2.75) is 13.3 Å². The molecule has 3 aromatic rings. The minimum Gasteiger partial charge on any atom is -0.360 e. The van der Waals surface area contributed by atoms with E-state index >= 15 is 0 Å². The highest BCUT2D eigenvalue weighted by molar-refractivity contribution is 6.30. The molecule has 3 rings (SSSR count). The van der Waals surface area contributed by atoms with E-state index in [-0.39, 0.29) is 5.91 Å². The molecule has 0 fully saturated rings. The fourth-order valence-corrected chi connectivity index (χ4v) is 2.69. The standard InChI is InChI=1S/C18H16ClN3O/c1-2-12-5-4-8-16-14(10-20-17(12)16)11-21-22-18(23)13-6-3-7-15(19)9-13/h3-11,20H,2H2,1H3,(H,22,23)/b21-11+. The molecule has 0 unspecified atom stereocenters. The van der Waals surface area contributed by atoms with E-state index in [2.05, 4.69) is 28.5 Å². The number of carbonyl (C=O) groups is 1. The lowest BCUT2D eigenvalue weighted by atomic mass is 10.1. The Kier molecular flexibility index (Phi) is 4.44. The first-order valence-corrected chi connectivity index (χ1v) is 7.74. The van der Waals surface area contributed by atoms with E-state index in [0.29, 0.717) is 10.6 Å². The molecule has 0 radical (unpaired) electrons. The van der Waals surface area contributed by atoms with Gasteiger partial charge in [0.2, 0.25) is 0 Å². The Morgan fingerprint density at radius 3 is 2.91 bits per heavy atom.